The van der Waals surface area contributed by atoms with Gasteiger partial charge in [-0.3, -0.25) is 0 Å². The summed E-state index contributed by atoms with van der Waals surface area (Å²) in [5.41, 5.74) is 0.730. The fourth-order valence-electron chi connectivity index (χ4n) is 1.01. The first-order chi connectivity index (χ1) is 6.63. The lowest BCUT2D eigenvalue weighted by Crippen LogP contribution is -2.18. The van der Waals surface area contributed by atoms with E-state index in [2.05, 4.69) is 28.7 Å². The molecule has 6 heteroatoms. The highest BCUT2D eigenvalue weighted by molar-refractivity contribution is 7.98. The van der Waals surface area contributed by atoms with Crippen LogP contribution < -0.4 is 5.32 Å². The van der Waals surface area contributed by atoms with Gasteiger partial charge in [0.2, 0.25) is 0 Å². The molecule has 3 nitrogen and oxygen atoms in total. The monoisotopic (exact) mass is 251 g/mol. The normalized spacial score (nSPS) is 12.6. The zero-order valence-electron chi connectivity index (χ0n) is 7.92. The number of nitrogens with one attached hydrogen (secondary N) is 1. The number of anilines is 1. The van der Waals surface area contributed by atoms with Gasteiger partial charge in [0.25, 0.3) is 0 Å². The van der Waals surface area contributed by atoms with Crippen molar-refractivity contribution in [2.24, 2.45) is 0 Å². The predicted molar refractivity (Wildman–Crippen MR) is 63.5 cm³/mol. The van der Waals surface area contributed by atoms with Gasteiger partial charge in [0.15, 0.2) is 10.3 Å². The Kier molecular flexibility index (Phi) is 4.78. The summed E-state index contributed by atoms with van der Waals surface area (Å²) in [6.07, 6.45) is 2.05. The van der Waals surface area contributed by atoms with Crippen LogP contribution in [0.25, 0.3) is 0 Å². The van der Waals surface area contributed by atoms with Gasteiger partial charge >= 0.3 is 0 Å². The van der Waals surface area contributed by atoms with Crippen LogP contribution in [0, 0.1) is 0 Å². The van der Waals surface area contributed by atoms with Crippen LogP contribution in [-0.4, -0.2) is 28.2 Å². The first-order valence-electron chi connectivity index (χ1n) is 4.07. The third-order valence-corrected chi connectivity index (χ3v) is 2.83. The molecule has 0 aliphatic heterocycles. The van der Waals surface area contributed by atoms with Gasteiger partial charge in [-0.15, -0.1) is 10.2 Å². The SMILES string of the molecule is CSCC(C)Nc1cc(Cl)nnc1Cl. The summed E-state index contributed by atoms with van der Waals surface area (Å²) in [6.45, 7) is 2.07. The summed E-state index contributed by atoms with van der Waals surface area (Å²) in [6, 6.07) is 2.00. The molecule has 14 heavy (non-hydrogen) atoms. The highest BCUT2D eigenvalue weighted by Gasteiger charge is 2.07. The maximum Gasteiger partial charge on any atom is 0.174 e. The van der Waals surface area contributed by atoms with Crippen LogP contribution in [0.2, 0.25) is 10.3 Å². The van der Waals surface area contributed by atoms with Crippen LogP contribution in [0.1, 0.15) is 6.92 Å². The molecule has 0 radical (unpaired) electrons. The third-order valence-electron chi connectivity index (χ3n) is 1.54. The van der Waals surface area contributed by atoms with Gasteiger partial charge in [0.05, 0.1) is 5.69 Å². The Hall–Kier alpha value is -0.190. The summed E-state index contributed by atoms with van der Waals surface area (Å²) < 4.78 is 0. The summed E-state index contributed by atoms with van der Waals surface area (Å²) in [5, 5.41) is 11.2. The Bertz CT molecular complexity index is 309. The lowest BCUT2D eigenvalue weighted by atomic mass is 10.3. The zero-order chi connectivity index (χ0) is 10.6. The third kappa shape index (κ3) is 3.52. The molecule has 0 fully saturated rings. The van der Waals surface area contributed by atoms with Crippen LogP contribution in [0.3, 0.4) is 0 Å². The lowest BCUT2D eigenvalue weighted by molar-refractivity contribution is 0.905. The molecule has 1 atom stereocenters. The van der Waals surface area contributed by atoms with E-state index >= 15 is 0 Å². The van der Waals surface area contributed by atoms with Crippen LogP contribution in [-0.2, 0) is 0 Å². The number of thioether (sulfide) groups is 1. The molecule has 1 N–H and O–H groups in total. The molecule has 0 aromatic carbocycles. The van der Waals surface area contributed by atoms with Crippen molar-refractivity contribution in [3.05, 3.63) is 16.4 Å². The maximum absolute atomic E-state index is 5.84. The van der Waals surface area contributed by atoms with Crippen LogP contribution in [0.5, 0.6) is 0 Å². The Morgan fingerprint density at radius 3 is 2.86 bits per heavy atom. The molecule has 0 aliphatic rings. The first kappa shape index (κ1) is 11.9. The van der Waals surface area contributed by atoms with Crippen molar-refractivity contribution >= 4 is 40.7 Å². The summed E-state index contributed by atoms with van der Waals surface area (Å²) >= 11 is 13.3. The minimum Gasteiger partial charge on any atom is -0.379 e. The van der Waals surface area contributed by atoms with Crippen LogP contribution in [0.4, 0.5) is 5.69 Å². The number of hydrogen-bond acceptors (Lipinski definition) is 4. The molecule has 0 spiro atoms. The van der Waals surface area contributed by atoms with Crippen molar-refractivity contribution in [1.82, 2.24) is 10.2 Å². The Morgan fingerprint density at radius 2 is 2.21 bits per heavy atom. The Labute approximate surface area is 97.6 Å². The molecule has 1 aromatic rings. The van der Waals surface area contributed by atoms with Crippen molar-refractivity contribution in [1.29, 1.82) is 0 Å². The second-order valence-electron chi connectivity index (χ2n) is 2.87. The van der Waals surface area contributed by atoms with E-state index < -0.39 is 0 Å². The Morgan fingerprint density at radius 1 is 1.50 bits per heavy atom. The molecule has 0 saturated heterocycles. The largest absolute Gasteiger partial charge is 0.379 e. The molecule has 0 saturated carbocycles. The van der Waals surface area contributed by atoms with Crippen molar-refractivity contribution in [2.45, 2.75) is 13.0 Å². The standard InChI is InChI=1S/C8H11Cl2N3S/c1-5(4-14-2)11-6-3-7(9)12-13-8(6)10/h3,5H,4H2,1-2H3,(H,11,12). The van der Waals surface area contributed by atoms with Crippen molar-refractivity contribution in [3.63, 3.8) is 0 Å². The van der Waals surface area contributed by atoms with Gasteiger partial charge in [0.1, 0.15) is 0 Å². The number of hydrogen-bond donors (Lipinski definition) is 1. The van der Waals surface area contributed by atoms with Crippen molar-refractivity contribution in [3.8, 4) is 0 Å². The molecule has 1 aromatic heterocycles. The molecule has 0 amide bonds. The van der Waals surface area contributed by atoms with Crippen molar-refractivity contribution < 1.29 is 0 Å². The lowest BCUT2D eigenvalue weighted by Gasteiger charge is -2.14. The number of halogens is 2. The molecule has 0 aliphatic carbocycles. The maximum atomic E-state index is 5.84. The van der Waals surface area contributed by atoms with E-state index in [0.29, 0.717) is 16.3 Å². The second-order valence-corrected chi connectivity index (χ2v) is 4.53. The van der Waals surface area contributed by atoms with Crippen LogP contribution in [0.15, 0.2) is 6.07 Å². The summed E-state index contributed by atoms with van der Waals surface area (Å²) in [5.74, 6) is 0.996. The Balaban J connectivity index is 2.70. The summed E-state index contributed by atoms with van der Waals surface area (Å²) in [4.78, 5) is 0. The topological polar surface area (TPSA) is 37.8 Å². The predicted octanol–water partition coefficient (Wildman–Crippen LogP) is 2.95. The fraction of sp³-hybridized carbons (Fsp3) is 0.500. The molecule has 0 bridgehead atoms. The number of rotatable bonds is 4. The van der Waals surface area contributed by atoms with E-state index in [0.717, 1.165) is 11.4 Å². The van der Waals surface area contributed by atoms with Gasteiger partial charge in [-0.25, -0.2) is 0 Å². The zero-order valence-corrected chi connectivity index (χ0v) is 10.2. The first-order valence-corrected chi connectivity index (χ1v) is 6.22. The van der Waals surface area contributed by atoms with E-state index in [4.69, 9.17) is 23.2 Å². The van der Waals surface area contributed by atoms with Crippen molar-refractivity contribution in [2.75, 3.05) is 17.3 Å². The smallest absolute Gasteiger partial charge is 0.174 e. The van der Waals surface area contributed by atoms with E-state index in [1.165, 1.54) is 0 Å². The average molecular weight is 252 g/mol. The van der Waals surface area contributed by atoms with Crippen LogP contribution >= 0.6 is 35.0 Å². The average Bonchev–Trinajstić information content (AvgIpc) is 2.12. The quantitative estimate of drug-likeness (QED) is 0.894. The minimum absolute atomic E-state index is 0.322. The fourth-order valence-corrected chi connectivity index (χ4v) is 1.89. The van der Waals surface area contributed by atoms with Gasteiger partial charge in [-0.1, -0.05) is 23.2 Å². The molecule has 1 heterocycles. The van der Waals surface area contributed by atoms with E-state index in [1.54, 1.807) is 17.8 Å². The van der Waals surface area contributed by atoms with Gasteiger partial charge in [-0.2, -0.15) is 11.8 Å². The molecule has 1 rings (SSSR count). The van der Waals surface area contributed by atoms with E-state index in [-0.39, 0.29) is 0 Å². The highest BCUT2D eigenvalue weighted by Crippen LogP contribution is 2.21. The summed E-state index contributed by atoms with van der Waals surface area (Å²) in [7, 11) is 0. The highest BCUT2D eigenvalue weighted by atomic mass is 35.5. The molecular formula is C8H11Cl2N3S. The molecule has 1 unspecified atom stereocenters. The van der Waals surface area contributed by atoms with Gasteiger partial charge < -0.3 is 5.32 Å². The second kappa shape index (κ2) is 5.63. The minimum atomic E-state index is 0.322. The molecule has 78 valence electrons. The number of aromatic nitrogens is 2. The van der Waals surface area contributed by atoms with Gasteiger partial charge in [-0.05, 0) is 13.2 Å². The molecular weight excluding hydrogens is 241 g/mol. The number of nitrogens with zero attached hydrogens (tertiary/aromatic N) is 2. The van der Waals surface area contributed by atoms with Gasteiger partial charge in [0, 0.05) is 17.9 Å². The van der Waals surface area contributed by atoms with E-state index in [9.17, 15) is 0 Å². The van der Waals surface area contributed by atoms with E-state index in [1.807, 2.05) is 0 Å².